The van der Waals surface area contributed by atoms with Crippen molar-refractivity contribution in [3.8, 4) is 6.19 Å². The van der Waals surface area contributed by atoms with Crippen LogP contribution < -0.4 is 0 Å². The first-order valence-electron chi connectivity index (χ1n) is 4.13. The second kappa shape index (κ2) is 2.57. The largest absolute Gasteiger partial charge is 0.304 e. The molecule has 2 saturated heterocycles. The van der Waals surface area contributed by atoms with Crippen molar-refractivity contribution in [2.45, 2.75) is 43.1 Å². The van der Waals surface area contributed by atoms with Gasteiger partial charge in [0.1, 0.15) is 0 Å². The van der Waals surface area contributed by atoms with Crippen molar-refractivity contribution in [2.24, 2.45) is 0 Å². The van der Waals surface area contributed by atoms with Crippen LogP contribution in [0.1, 0.15) is 25.7 Å². The maximum absolute atomic E-state index is 8.79. The van der Waals surface area contributed by atoms with Gasteiger partial charge in [-0.1, -0.05) is 0 Å². The van der Waals surface area contributed by atoms with Gasteiger partial charge >= 0.3 is 0 Å². The normalized spacial score (nSPS) is 42.2. The minimum Gasteiger partial charge on any atom is -0.304 e. The van der Waals surface area contributed by atoms with Crippen LogP contribution in [0.5, 0.6) is 0 Å². The van der Waals surface area contributed by atoms with E-state index in [1.54, 1.807) is 0 Å². The van der Waals surface area contributed by atoms with Gasteiger partial charge in [0, 0.05) is 17.5 Å². The Hall–Kier alpha value is -0.420. The first-order chi connectivity index (χ1) is 5.31. The molecule has 2 rings (SSSR count). The zero-order chi connectivity index (χ0) is 7.84. The summed E-state index contributed by atoms with van der Waals surface area (Å²) in [6.45, 7) is 0. The van der Waals surface area contributed by atoms with Gasteiger partial charge < -0.3 is 4.90 Å². The molecule has 0 aliphatic carbocycles. The second-order valence-corrected chi connectivity index (χ2v) is 4.08. The predicted molar refractivity (Wildman–Crippen MR) is 43.1 cm³/mol. The lowest BCUT2D eigenvalue weighted by molar-refractivity contribution is 0.221. The molecule has 2 aliphatic heterocycles. The zero-order valence-corrected chi connectivity index (χ0v) is 7.09. The molecule has 2 bridgehead atoms. The van der Waals surface area contributed by atoms with Crippen LogP contribution in [-0.4, -0.2) is 22.4 Å². The first kappa shape index (κ1) is 7.24. The standard InChI is InChI=1S/C8H11ClN2/c9-6-3-7-1-2-8(4-6)11(7)5-10/h6-8H,1-4H2/t7-,8-/m0/s1. The molecule has 2 nitrogen and oxygen atoms in total. The van der Waals surface area contributed by atoms with Crippen LogP contribution in [0.25, 0.3) is 0 Å². The Bertz CT molecular complexity index is 185. The molecule has 2 aliphatic rings. The highest BCUT2D eigenvalue weighted by Crippen LogP contribution is 2.36. The highest BCUT2D eigenvalue weighted by atomic mass is 35.5. The van der Waals surface area contributed by atoms with Crippen LogP contribution in [0.4, 0.5) is 0 Å². The van der Waals surface area contributed by atoms with Crippen molar-refractivity contribution < 1.29 is 0 Å². The van der Waals surface area contributed by atoms with Gasteiger partial charge in [0.05, 0.1) is 0 Å². The molecule has 2 atom stereocenters. The number of piperidine rings is 1. The number of nitrogens with zero attached hydrogens (tertiary/aromatic N) is 2. The van der Waals surface area contributed by atoms with E-state index in [9.17, 15) is 0 Å². The Labute approximate surface area is 71.7 Å². The summed E-state index contributed by atoms with van der Waals surface area (Å²) in [6.07, 6.45) is 6.61. The SMILES string of the molecule is N#CN1[C@H]2CC[C@H]1CC(Cl)C2. The van der Waals surface area contributed by atoms with Crippen LogP contribution in [0, 0.1) is 11.5 Å². The van der Waals surface area contributed by atoms with Gasteiger partial charge in [-0.15, -0.1) is 11.6 Å². The molecule has 11 heavy (non-hydrogen) atoms. The Morgan fingerprint density at radius 3 is 2.27 bits per heavy atom. The molecule has 0 saturated carbocycles. The summed E-state index contributed by atoms with van der Waals surface area (Å²) < 4.78 is 0. The summed E-state index contributed by atoms with van der Waals surface area (Å²) in [5.74, 6) is 0. The van der Waals surface area contributed by atoms with Gasteiger partial charge in [-0.05, 0) is 25.7 Å². The van der Waals surface area contributed by atoms with E-state index in [2.05, 4.69) is 6.19 Å². The van der Waals surface area contributed by atoms with E-state index < -0.39 is 0 Å². The van der Waals surface area contributed by atoms with E-state index >= 15 is 0 Å². The van der Waals surface area contributed by atoms with Crippen LogP contribution >= 0.6 is 11.6 Å². The van der Waals surface area contributed by atoms with E-state index in [1.165, 1.54) is 12.8 Å². The van der Waals surface area contributed by atoms with Gasteiger partial charge in [-0.2, -0.15) is 5.26 Å². The zero-order valence-electron chi connectivity index (χ0n) is 6.33. The molecule has 3 heteroatoms. The smallest absolute Gasteiger partial charge is 0.179 e. The fraction of sp³-hybridized carbons (Fsp3) is 0.875. The molecule has 0 aromatic heterocycles. The number of alkyl halides is 1. The maximum atomic E-state index is 8.79. The molecule has 0 unspecified atom stereocenters. The van der Waals surface area contributed by atoms with Crippen molar-refractivity contribution in [3.05, 3.63) is 0 Å². The quantitative estimate of drug-likeness (QED) is 0.409. The van der Waals surface area contributed by atoms with E-state index in [1.807, 2.05) is 4.90 Å². The third-order valence-electron chi connectivity index (χ3n) is 2.79. The van der Waals surface area contributed by atoms with E-state index in [0.29, 0.717) is 17.5 Å². The Balaban J connectivity index is 2.14. The van der Waals surface area contributed by atoms with Crippen LogP contribution in [-0.2, 0) is 0 Å². The summed E-state index contributed by atoms with van der Waals surface area (Å²) in [4.78, 5) is 1.94. The maximum Gasteiger partial charge on any atom is 0.179 e. The number of rotatable bonds is 0. The number of hydrogen-bond acceptors (Lipinski definition) is 2. The Kier molecular flexibility index (Phi) is 1.69. The van der Waals surface area contributed by atoms with Crippen molar-refractivity contribution in [2.75, 3.05) is 0 Å². The van der Waals surface area contributed by atoms with Gasteiger partial charge in [-0.3, -0.25) is 0 Å². The van der Waals surface area contributed by atoms with Gasteiger partial charge in [0.2, 0.25) is 0 Å². The average Bonchev–Trinajstić information content (AvgIpc) is 2.23. The summed E-state index contributed by atoms with van der Waals surface area (Å²) in [5, 5.41) is 9.11. The van der Waals surface area contributed by atoms with Crippen molar-refractivity contribution in [3.63, 3.8) is 0 Å². The lowest BCUT2D eigenvalue weighted by atomic mass is 10.0. The summed E-state index contributed by atoms with van der Waals surface area (Å²) in [5.41, 5.74) is 0. The predicted octanol–water partition coefficient (Wildman–Crippen LogP) is 1.70. The highest BCUT2D eigenvalue weighted by molar-refractivity contribution is 6.20. The summed E-state index contributed by atoms with van der Waals surface area (Å²) in [6, 6.07) is 0.919. The molecule has 0 aromatic rings. The minimum absolute atomic E-state index is 0.317. The number of fused-ring (bicyclic) bond motifs is 2. The summed E-state index contributed by atoms with van der Waals surface area (Å²) >= 11 is 6.03. The van der Waals surface area contributed by atoms with Crippen molar-refractivity contribution >= 4 is 11.6 Å². The molecule has 0 N–H and O–H groups in total. The third-order valence-corrected chi connectivity index (χ3v) is 3.15. The minimum atomic E-state index is 0.317. The van der Waals surface area contributed by atoms with Crippen LogP contribution in [0.3, 0.4) is 0 Å². The number of hydrogen-bond donors (Lipinski definition) is 0. The van der Waals surface area contributed by atoms with E-state index in [0.717, 1.165) is 12.8 Å². The van der Waals surface area contributed by atoms with Gasteiger partial charge in [0.25, 0.3) is 0 Å². The van der Waals surface area contributed by atoms with Crippen LogP contribution in [0.15, 0.2) is 0 Å². The third kappa shape index (κ3) is 1.08. The van der Waals surface area contributed by atoms with E-state index in [-0.39, 0.29) is 0 Å². The number of halogens is 1. The first-order valence-corrected chi connectivity index (χ1v) is 4.57. The molecule has 0 amide bonds. The highest BCUT2D eigenvalue weighted by Gasteiger charge is 2.39. The molecule has 0 aromatic carbocycles. The fourth-order valence-corrected chi connectivity index (χ4v) is 2.69. The lowest BCUT2D eigenvalue weighted by Crippen LogP contribution is -2.39. The fourth-order valence-electron chi connectivity index (χ4n) is 2.27. The Morgan fingerprint density at radius 1 is 1.27 bits per heavy atom. The molecular weight excluding hydrogens is 160 g/mol. The van der Waals surface area contributed by atoms with Gasteiger partial charge in [0.15, 0.2) is 6.19 Å². The Morgan fingerprint density at radius 2 is 1.82 bits per heavy atom. The lowest BCUT2D eigenvalue weighted by Gasteiger charge is -2.32. The molecular formula is C8H11ClN2. The molecule has 2 heterocycles. The van der Waals surface area contributed by atoms with Crippen LogP contribution in [0.2, 0.25) is 0 Å². The molecule has 2 fully saturated rings. The monoisotopic (exact) mass is 170 g/mol. The molecule has 60 valence electrons. The number of nitriles is 1. The van der Waals surface area contributed by atoms with Crippen molar-refractivity contribution in [1.29, 1.82) is 5.26 Å². The van der Waals surface area contributed by atoms with E-state index in [4.69, 9.17) is 16.9 Å². The average molecular weight is 171 g/mol. The molecule has 0 radical (unpaired) electrons. The van der Waals surface area contributed by atoms with Crippen molar-refractivity contribution in [1.82, 2.24) is 4.90 Å². The second-order valence-electron chi connectivity index (χ2n) is 3.46. The molecule has 0 spiro atoms. The topological polar surface area (TPSA) is 27.0 Å². The summed E-state index contributed by atoms with van der Waals surface area (Å²) in [7, 11) is 0. The van der Waals surface area contributed by atoms with Gasteiger partial charge in [-0.25, -0.2) is 0 Å².